The van der Waals surface area contributed by atoms with Crippen LogP contribution < -0.4 is 0 Å². The minimum Gasteiger partial charge on any atom is -0.462 e. The summed E-state index contributed by atoms with van der Waals surface area (Å²) in [6, 6.07) is 0. The molecule has 75 heavy (non-hydrogen) atoms. The number of allylic oxidation sites excluding steroid dienone is 6. The zero-order chi connectivity index (χ0) is 54.3. The number of carbonyl (C=O) groups excluding carboxylic acids is 3. The predicted molar refractivity (Wildman–Crippen MR) is 326 cm³/mol. The predicted octanol–water partition coefficient (Wildman–Crippen LogP) is 22.8. The summed E-state index contributed by atoms with van der Waals surface area (Å²) >= 11 is 0. The van der Waals surface area contributed by atoms with Crippen molar-refractivity contribution in [1.29, 1.82) is 0 Å². The zero-order valence-corrected chi connectivity index (χ0v) is 50.6. The van der Waals surface area contributed by atoms with Gasteiger partial charge in [0.25, 0.3) is 0 Å². The lowest BCUT2D eigenvalue weighted by atomic mass is 10.0. The van der Waals surface area contributed by atoms with Crippen molar-refractivity contribution in [2.45, 2.75) is 374 Å². The molecule has 0 aromatic carbocycles. The highest BCUT2D eigenvalue weighted by Crippen LogP contribution is 2.18. The summed E-state index contributed by atoms with van der Waals surface area (Å²) < 4.78 is 16.9. The Kier molecular flexibility index (Phi) is 62.1. The van der Waals surface area contributed by atoms with E-state index in [-0.39, 0.29) is 31.1 Å². The summed E-state index contributed by atoms with van der Waals surface area (Å²) in [5, 5.41) is 0. The number of esters is 3. The Labute approximate surface area is 467 Å². The highest BCUT2D eigenvalue weighted by atomic mass is 16.6. The largest absolute Gasteiger partial charge is 0.462 e. The first-order valence-corrected chi connectivity index (χ1v) is 33.5. The van der Waals surface area contributed by atoms with Gasteiger partial charge in [0, 0.05) is 19.3 Å². The summed E-state index contributed by atoms with van der Waals surface area (Å²) in [6.45, 7) is 6.64. The molecule has 0 N–H and O–H groups in total. The van der Waals surface area contributed by atoms with Crippen molar-refractivity contribution in [3.63, 3.8) is 0 Å². The van der Waals surface area contributed by atoms with E-state index < -0.39 is 6.10 Å². The van der Waals surface area contributed by atoms with Crippen LogP contribution in [0.4, 0.5) is 0 Å². The summed E-state index contributed by atoms with van der Waals surface area (Å²) in [7, 11) is 0. The molecule has 1 atom stereocenters. The SMILES string of the molecule is CCCCCCC/C=C\C/C=C\CCCCCCCCCCCC(=O)OC(COC(=O)CCCCCCCCC)COC(=O)CCCCCCCCCCCCCCCCCCC/C=C\CCCCCCCCCC. The van der Waals surface area contributed by atoms with Crippen molar-refractivity contribution in [2.75, 3.05) is 13.2 Å². The van der Waals surface area contributed by atoms with Crippen molar-refractivity contribution in [3.8, 4) is 0 Å². The van der Waals surface area contributed by atoms with Gasteiger partial charge >= 0.3 is 17.9 Å². The molecule has 0 aliphatic carbocycles. The lowest BCUT2D eigenvalue weighted by Gasteiger charge is -2.18. The molecule has 0 aliphatic rings. The lowest BCUT2D eigenvalue weighted by Crippen LogP contribution is -2.30. The summed E-state index contributed by atoms with van der Waals surface area (Å²) in [5.74, 6) is -0.859. The quantitative estimate of drug-likeness (QED) is 0.0261. The van der Waals surface area contributed by atoms with Gasteiger partial charge in [-0.1, -0.05) is 308 Å². The Hall–Kier alpha value is -2.37. The molecule has 0 spiro atoms. The first-order chi connectivity index (χ1) is 37.0. The third kappa shape index (κ3) is 62.4. The van der Waals surface area contributed by atoms with Crippen LogP contribution in [0.5, 0.6) is 0 Å². The summed E-state index contributed by atoms with van der Waals surface area (Å²) in [5.41, 5.74) is 0. The van der Waals surface area contributed by atoms with E-state index in [0.29, 0.717) is 19.3 Å². The Morgan fingerprint density at radius 3 is 0.747 bits per heavy atom. The third-order valence-corrected chi connectivity index (χ3v) is 15.1. The van der Waals surface area contributed by atoms with Gasteiger partial charge in [-0.15, -0.1) is 0 Å². The lowest BCUT2D eigenvalue weighted by molar-refractivity contribution is -0.167. The number of hydrogen-bond donors (Lipinski definition) is 0. The molecule has 1 unspecified atom stereocenters. The average Bonchev–Trinajstić information content (AvgIpc) is 3.41. The van der Waals surface area contributed by atoms with Crippen molar-refractivity contribution in [2.24, 2.45) is 0 Å². The maximum atomic E-state index is 12.9. The molecule has 0 fully saturated rings. The standard InChI is InChI=1S/C69H128O6/c1-4-7-10-13-16-18-20-22-24-26-28-30-31-32-33-34-35-36-37-39-40-42-44-46-48-50-53-56-59-62-68(71)74-65-66(64-73-67(70)61-58-55-52-15-12-9-6-3)75-69(72)63-60-57-54-51-49-47-45-43-41-38-29-27-25-23-21-19-17-14-11-8-5-2/h21,23,26-29,66H,4-20,22,24-25,30-65H2,1-3H3/b23-21-,28-26-,29-27-. The average molecular weight is 1050 g/mol. The van der Waals surface area contributed by atoms with Crippen LogP contribution in [0.1, 0.15) is 367 Å². The summed E-state index contributed by atoms with van der Waals surface area (Å²) in [4.78, 5) is 38.1. The Balaban J connectivity index is 4.04. The van der Waals surface area contributed by atoms with Crippen molar-refractivity contribution >= 4 is 17.9 Å². The Morgan fingerprint density at radius 2 is 0.480 bits per heavy atom. The van der Waals surface area contributed by atoms with E-state index in [0.717, 1.165) is 64.2 Å². The normalized spacial score (nSPS) is 12.2. The van der Waals surface area contributed by atoms with Gasteiger partial charge in [-0.3, -0.25) is 14.4 Å². The van der Waals surface area contributed by atoms with Gasteiger partial charge in [-0.05, 0) is 77.0 Å². The van der Waals surface area contributed by atoms with Gasteiger partial charge in [0.15, 0.2) is 6.10 Å². The summed E-state index contributed by atoms with van der Waals surface area (Å²) in [6.07, 6.45) is 79.1. The highest BCUT2D eigenvalue weighted by Gasteiger charge is 2.19. The second-order valence-corrected chi connectivity index (χ2v) is 22.7. The van der Waals surface area contributed by atoms with Crippen LogP contribution in [-0.2, 0) is 28.6 Å². The second kappa shape index (κ2) is 64.2. The highest BCUT2D eigenvalue weighted by molar-refractivity contribution is 5.71. The van der Waals surface area contributed by atoms with Gasteiger partial charge in [0.1, 0.15) is 13.2 Å². The van der Waals surface area contributed by atoms with E-state index in [1.807, 2.05) is 0 Å². The van der Waals surface area contributed by atoms with E-state index in [4.69, 9.17) is 14.2 Å². The number of unbranched alkanes of at least 4 members (excludes halogenated alkanes) is 45. The second-order valence-electron chi connectivity index (χ2n) is 22.7. The molecular formula is C69H128O6. The fraction of sp³-hybridized carbons (Fsp3) is 0.870. The van der Waals surface area contributed by atoms with Crippen molar-refractivity contribution in [3.05, 3.63) is 36.5 Å². The van der Waals surface area contributed by atoms with Crippen LogP contribution in [0.15, 0.2) is 36.5 Å². The smallest absolute Gasteiger partial charge is 0.306 e. The first kappa shape index (κ1) is 72.6. The molecule has 0 aliphatic heterocycles. The zero-order valence-electron chi connectivity index (χ0n) is 50.6. The van der Waals surface area contributed by atoms with Gasteiger partial charge in [0.05, 0.1) is 0 Å². The van der Waals surface area contributed by atoms with E-state index in [9.17, 15) is 14.4 Å². The minimum absolute atomic E-state index is 0.0695. The molecular weight excluding hydrogens is 925 g/mol. The molecule has 6 heteroatoms. The van der Waals surface area contributed by atoms with Gasteiger partial charge in [0.2, 0.25) is 0 Å². The third-order valence-electron chi connectivity index (χ3n) is 15.1. The van der Waals surface area contributed by atoms with Crippen LogP contribution in [0.3, 0.4) is 0 Å². The molecule has 0 saturated carbocycles. The van der Waals surface area contributed by atoms with Crippen LogP contribution in [0.25, 0.3) is 0 Å². The monoisotopic (exact) mass is 1050 g/mol. The molecule has 0 heterocycles. The van der Waals surface area contributed by atoms with Gasteiger partial charge < -0.3 is 14.2 Å². The molecule has 0 saturated heterocycles. The van der Waals surface area contributed by atoms with E-state index in [1.165, 1.54) is 263 Å². The van der Waals surface area contributed by atoms with Crippen LogP contribution in [-0.4, -0.2) is 37.2 Å². The number of rotatable bonds is 62. The van der Waals surface area contributed by atoms with E-state index >= 15 is 0 Å². The molecule has 0 aromatic heterocycles. The van der Waals surface area contributed by atoms with Crippen LogP contribution >= 0.6 is 0 Å². The fourth-order valence-corrected chi connectivity index (χ4v) is 10.1. The van der Waals surface area contributed by atoms with Crippen LogP contribution in [0, 0.1) is 0 Å². The number of ether oxygens (including phenoxy) is 3. The molecule has 0 aromatic rings. The maximum absolute atomic E-state index is 12.9. The van der Waals surface area contributed by atoms with Crippen LogP contribution in [0.2, 0.25) is 0 Å². The Morgan fingerprint density at radius 1 is 0.267 bits per heavy atom. The molecule has 440 valence electrons. The first-order valence-electron chi connectivity index (χ1n) is 33.5. The van der Waals surface area contributed by atoms with E-state index in [2.05, 4.69) is 57.2 Å². The minimum atomic E-state index is -0.770. The van der Waals surface area contributed by atoms with Crippen molar-refractivity contribution in [1.82, 2.24) is 0 Å². The Bertz CT molecular complexity index is 1250. The number of carbonyl (C=O) groups is 3. The topological polar surface area (TPSA) is 78.9 Å². The molecule has 0 radical (unpaired) electrons. The van der Waals surface area contributed by atoms with Gasteiger partial charge in [-0.2, -0.15) is 0 Å². The van der Waals surface area contributed by atoms with E-state index in [1.54, 1.807) is 0 Å². The number of hydrogen-bond acceptors (Lipinski definition) is 6. The van der Waals surface area contributed by atoms with Gasteiger partial charge in [-0.25, -0.2) is 0 Å². The van der Waals surface area contributed by atoms with Crippen molar-refractivity contribution < 1.29 is 28.6 Å². The molecule has 0 bridgehead atoms. The maximum Gasteiger partial charge on any atom is 0.306 e. The fourth-order valence-electron chi connectivity index (χ4n) is 10.1. The molecule has 0 amide bonds. The molecule has 0 rings (SSSR count). The molecule has 6 nitrogen and oxygen atoms in total.